The summed E-state index contributed by atoms with van der Waals surface area (Å²) >= 11 is 0. The second-order valence-electron chi connectivity index (χ2n) is 7.59. The van der Waals surface area contributed by atoms with Crippen molar-refractivity contribution in [3.8, 4) is 11.1 Å². The van der Waals surface area contributed by atoms with Gasteiger partial charge in [-0.1, -0.05) is 51.0 Å². The van der Waals surface area contributed by atoms with Crippen molar-refractivity contribution >= 4 is 0 Å². The van der Waals surface area contributed by atoms with Gasteiger partial charge in [0.25, 0.3) is 0 Å². The van der Waals surface area contributed by atoms with Gasteiger partial charge in [0.15, 0.2) is 11.6 Å². The third kappa shape index (κ3) is 5.20. The molecule has 0 radical (unpaired) electrons. The van der Waals surface area contributed by atoms with E-state index in [4.69, 9.17) is 9.47 Å². The van der Waals surface area contributed by atoms with E-state index in [1.165, 1.54) is 12.1 Å². The molecule has 5 heteroatoms. The van der Waals surface area contributed by atoms with Gasteiger partial charge in [-0.05, 0) is 42.9 Å². The highest BCUT2D eigenvalue weighted by Gasteiger charge is 2.27. The van der Waals surface area contributed by atoms with Crippen molar-refractivity contribution in [1.29, 1.82) is 0 Å². The Kier molecular flexibility index (Phi) is 7.73. The van der Waals surface area contributed by atoms with E-state index in [2.05, 4.69) is 6.92 Å². The predicted octanol–water partition coefficient (Wildman–Crippen LogP) is 6.76. The predicted molar refractivity (Wildman–Crippen MR) is 108 cm³/mol. The number of aryl methyl sites for hydroxylation is 1. The van der Waals surface area contributed by atoms with Crippen molar-refractivity contribution in [1.82, 2.24) is 0 Å². The van der Waals surface area contributed by atoms with Gasteiger partial charge in [-0.25, -0.2) is 13.2 Å². The Hall–Kier alpha value is -1.85. The fraction of sp³-hybridized carbons (Fsp3) is 0.500. The van der Waals surface area contributed by atoms with Crippen LogP contribution in [0.2, 0.25) is 0 Å². The van der Waals surface area contributed by atoms with E-state index in [0.29, 0.717) is 37.2 Å². The molecule has 29 heavy (non-hydrogen) atoms. The second-order valence-corrected chi connectivity index (χ2v) is 7.59. The van der Waals surface area contributed by atoms with Gasteiger partial charge in [0.05, 0.1) is 18.8 Å². The fourth-order valence-electron chi connectivity index (χ4n) is 3.74. The Morgan fingerprint density at radius 3 is 2.48 bits per heavy atom. The Balaban J connectivity index is 1.68. The van der Waals surface area contributed by atoms with Crippen molar-refractivity contribution < 1.29 is 22.6 Å². The SMILES string of the molecule is CCCCCOC1CCC(c2ccc(-c3ccc(CC)c(F)c3)c(F)c2F)OC1. The normalized spacial score (nSPS) is 19.5. The van der Waals surface area contributed by atoms with Crippen LogP contribution in [0.5, 0.6) is 0 Å². The first-order valence-corrected chi connectivity index (χ1v) is 10.5. The molecule has 2 aromatic rings. The van der Waals surface area contributed by atoms with Crippen LogP contribution in [-0.2, 0) is 15.9 Å². The first kappa shape index (κ1) is 21.8. The maximum atomic E-state index is 14.8. The van der Waals surface area contributed by atoms with Crippen LogP contribution < -0.4 is 0 Å². The zero-order chi connectivity index (χ0) is 20.8. The third-order valence-corrected chi connectivity index (χ3v) is 5.54. The van der Waals surface area contributed by atoms with Gasteiger partial charge in [0.2, 0.25) is 0 Å². The molecule has 0 bridgehead atoms. The lowest BCUT2D eigenvalue weighted by Crippen LogP contribution is -2.28. The minimum Gasteiger partial charge on any atom is -0.376 e. The molecule has 0 amide bonds. The summed E-state index contributed by atoms with van der Waals surface area (Å²) in [6.45, 7) is 5.07. The molecule has 0 aliphatic carbocycles. The molecule has 1 aliphatic heterocycles. The Bertz CT molecular complexity index is 814. The average Bonchev–Trinajstić information content (AvgIpc) is 2.74. The van der Waals surface area contributed by atoms with Crippen LogP contribution in [0.3, 0.4) is 0 Å². The highest BCUT2D eigenvalue weighted by molar-refractivity contribution is 5.65. The molecule has 2 unspecified atom stereocenters. The van der Waals surface area contributed by atoms with Gasteiger partial charge in [0, 0.05) is 17.7 Å². The van der Waals surface area contributed by atoms with Crippen molar-refractivity contribution in [2.75, 3.05) is 13.2 Å². The van der Waals surface area contributed by atoms with Crippen LogP contribution in [0.25, 0.3) is 11.1 Å². The van der Waals surface area contributed by atoms with E-state index in [0.717, 1.165) is 25.7 Å². The van der Waals surface area contributed by atoms with Crippen molar-refractivity contribution in [2.24, 2.45) is 0 Å². The molecule has 3 rings (SSSR count). The number of unbranched alkanes of at least 4 members (excludes halogenated alkanes) is 2. The number of hydrogen-bond donors (Lipinski definition) is 0. The highest BCUT2D eigenvalue weighted by atomic mass is 19.2. The topological polar surface area (TPSA) is 18.5 Å². The summed E-state index contributed by atoms with van der Waals surface area (Å²) in [6.07, 6.45) is 4.70. The molecule has 1 fully saturated rings. The monoisotopic (exact) mass is 406 g/mol. The van der Waals surface area contributed by atoms with E-state index >= 15 is 0 Å². The first-order chi connectivity index (χ1) is 14.0. The molecule has 0 aromatic heterocycles. The van der Waals surface area contributed by atoms with E-state index in [-0.39, 0.29) is 17.2 Å². The van der Waals surface area contributed by atoms with E-state index in [9.17, 15) is 13.2 Å². The number of halogens is 3. The zero-order valence-electron chi connectivity index (χ0n) is 17.1. The van der Waals surface area contributed by atoms with Crippen LogP contribution in [0, 0.1) is 17.5 Å². The van der Waals surface area contributed by atoms with Gasteiger partial charge in [0.1, 0.15) is 5.82 Å². The summed E-state index contributed by atoms with van der Waals surface area (Å²) in [5.74, 6) is -2.29. The number of benzene rings is 2. The largest absolute Gasteiger partial charge is 0.376 e. The Morgan fingerprint density at radius 2 is 1.83 bits per heavy atom. The van der Waals surface area contributed by atoms with Crippen LogP contribution in [0.1, 0.15) is 63.2 Å². The average molecular weight is 406 g/mol. The molecule has 2 nitrogen and oxygen atoms in total. The van der Waals surface area contributed by atoms with E-state index in [1.54, 1.807) is 18.2 Å². The molecule has 2 aromatic carbocycles. The molecule has 0 N–H and O–H groups in total. The second kappa shape index (κ2) is 10.3. The van der Waals surface area contributed by atoms with Gasteiger partial charge in [-0.3, -0.25) is 0 Å². The molecule has 158 valence electrons. The van der Waals surface area contributed by atoms with Crippen LogP contribution in [-0.4, -0.2) is 19.3 Å². The van der Waals surface area contributed by atoms with Crippen LogP contribution in [0.15, 0.2) is 30.3 Å². The van der Waals surface area contributed by atoms with Crippen LogP contribution >= 0.6 is 0 Å². The van der Waals surface area contributed by atoms with Gasteiger partial charge in [-0.15, -0.1) is 0 Å². The molecule has 1 heterocycles. The molecular weight excluding hydrogens is 377 g/mol. The third-order valence-electron chi connectivity index (χ3n) is 5.54. The van der Waals surface area contributed by atoms with Gasteiger partial charge < -0.3 is 9.47 Å². The summed E-state index contributed by atoms with van der Waals surface area (Å²) in [5.41, 5.74) is 1.14. The fourth-order valence-corrected chi connectivity index (χ4v) is 3.74. The summed E-state index contributed by atoms with van der Waals surface area (Å²) < 4.78 is 55.2. The molecule has 0 saturated carbocycles. The highest BCUT2D eigenvalue weighted by Crippen LogP contribution is 2.35. The van der Waals surface area contributed by atoms with Gasteiger partial charge in [-0.2, -0.15) is 0 Å². The molecule has 2 atom stereocenters. The number of hydrogen-bond acceptors (Lipinski definition) is 2. The lowest BCUT2D eigenvalue weighted by molar-refractivity contribution is -0.0882. The number of rotatable bonds is 8. The Labute approximate surface area is 171 Å². The molecule has 1 aliphatic rings. The first-order valence-electron chi connectivity index (χ1n) is 10.5. The van der Waals surface area contributed by atoms with Crippen molar-refractivity contribution in [3.63, 3.8) is 0 Å². The smallest absolute Gasteiger partial charge is 0.167 e. The summed E-state index contributed by atoms with van der Waals surface area (Å²) in [4.78, 5) is 0. The summed E-state index contributed by atoms with van der Waals surface area (Å²) in [6, 6.07) is 7.54. The van der Waals surface area contributed by atoms with Crippen LogP contribution in [0.4, 0.5) is 13.2 Å². The molecule has 0 spiro atoms. The summed E-state index contributed by atoms with van der Waals surface area (Å²) in [5, 5.41) is 0. The van der Waals surface area contributed by atoms with E-state index in [1.807, 2.05) is 6.92 Å². The number of ether oxygens (including phenoxy) is 2. The van der Waals surface area contributed by atoms with Gasteiger partial charge >= 0.3 is 0 Å². The van der Waals surface area contributed by atoms with E-state index < -0.39 is 23.6 Å². The Morgan fingerprint density at radius 1 is 1.00 bits per heavy atom. The van der Waals surface area contributed by atoms with Crippen molar-refractivity contribution in [2.45, 2.75) is 64.6 Å². The molecular formula is C24H29F3O2. The zero-order valence-corrected chi connectivity index (χ0v) is 17.1. The molecule has 1 saturated heterocycles. The summed E-state index contributed by atoms with van der Waals surface area (Å²) in [7, 11) is 0. The maximum absolute atomic E-state index is 14.8. The van der Waals surface area contributed by atoms with Crippen molar-refractivity contribution in [3.05, 3.63) is 58.9 Å². The standard InChI is InChI=1S/C24H29F3O2/c1-3-5-6-13-28-18-9-12-22(29-15-18)20-11-10-19(23(26)24(20)27)17-8-7-16(4-2)21(25)14-17/h7-8,10-11,14,18,22H,3-6,9,12-13,15H2,1-2H3. The maximum Gasteiger partial charge on any atom is 0.167 e. The lowest BCUT2D eigenvalue weighted by Gasteiger charge is -2.29. The lowest BCUT2D eigenvalue weighted by atomic mass is 9.95. The minimum absolute atomic E-state index is 0.00958. The quantitative estimate of drug-likeness (QED) is 0.451. The minimum atomic E-state index is -0.965.